The Morgan fingerprint density at radius 3 is 0.704 bits per heavy atom. The van der Waals surface area contributed by atoms with E-state index in [1.54, 1.807) is 0 Å². The Bertz CT molecular complexity index is 454. The fraction of sp³-hybridized carbons (Fsp3) is 0.583. The van der Waals surface area contributed by atoms with Gasteiger partial charge in [-0.25, -0.2) is 24.3 Å². The van der Waals surface area contributed by atoms with Crippen LogP contribution in [-0.2, 0) is 37.0 Å². The second-order valence-corrected chi connectivity index (χ2v) is 15.8. The van der Waals surface area contributed by atoms with Crippen molar-refractivity contribution in [3.05, 3.63) is 59.7 Å². The number of rotatable bonds is 0. The van der Waals surface area contributed by atoms with E-state index >= 15 is 0 Å². The molecule has 2 aromatic rings. The molecule has 0 saturated carbocycles. The fourth-order valence-electron chi connectivity index (χ4n) is 1.75. The molecule has 0 amide bonds. The first-order valence-corrected chi connectivity index (χ1v) is 15.7. The largest absolute Gasteiger partial charge is 2.00 e. The second kappa shape index (κ2) is 15.9. The summed E-state index contributed by atoms with van der Waals surface area (Å²) in [6.07, 6.45) is 0. The van der Waals surface area contributed by atoms with Gasteiger partial charge in [0.05, 0.1) is 0 Å². The molecule has 0 aliphatic rings. The van der Waals surface area contributed by atoms with Crippen molar-refractivity contribution in [1.29, 1.82) is 0 Å². The monoisotopic (exact) mass is 478 g/mol. The molecule has 27 heavy (non-hydrogen) atoms. The van der Waals surface area contributed by atoms with Crippen LogP contribution < -0.4 is 0 Å². The van der Waals surface area contributed by atoms with Gasteiger partial charge in [0.1, 0.15) is 0 Å². The van der Waals surface area contributed by atoms with Gasteiger partial charge in [-0.2, -0.15) is 35.4 Å². The van der Waals surface area contributed by atoms with Gasteiger partial charge < -0.3 is 0 Å². The molecule has 0 fully saturated rings. The average molecular weight is 480 g/mol. The molecular weight excluding hydrogens is 436 g/mol. The summed E-state index contributed by atoms with van der Waals surface area (Å²) in [5.41, 5.74) is 3.48. The van der Waals surface area contributed by atoms with E-state index in [2.05, 4.69) is 129 Å². The molecule has 0 saturated heterocycles. The van der Waals surface area contributed by atoms with E-state index in [1.165, 1.54) is 11.1 Å². The van der Waals surface area contributed by atoms with Gasteiger partial charge in [-0.1, -0.05) is 91.7 Å². The van der Waals surface area contributed by atoms with Crippen LogP contribution >= 0.6 is 0 Å². The first-order chi connectivity index (χ1) is 11.7. The van der Waals surface area contributed by atoms with Crippen LogP contribution in [0.25, 0.3) is 0 Å². The topological polar surface area (TPSA) is 0 Å². The maximum atomic E-state index is 2.27. The van der Waals surface area contributed by atoms with Crippen LogP contribution in [-0.4, -0.2) is 17.6 Å². The second-order valence-electron chi connectivity index (χ2n) is 9.85. The minimum Gasteiger partial charge on any atom is -0.213 e. The van der Waals surface area contributed by atoms with E-state index in [4.69, 9.17) is 0 Å². The van der Waals surface area contributed by atoms with Crippen molar-refractivity contribution in [1.82, 2.24) is 0 Å². The maximum Gasteiger partial charge on any atom is 2.00 e. The summed E-state index contributed by atoms with van der Waals surface area (Å²) < 4.78 is 0. The maximum absolute atomic E-state index is 2.27. The molecule has 0 atom stereocenters. The summed E-state index contributed by atoms with van der Waals surface area (Å²) in [6, 6.07) is 17.0. The predicted molar refractivity (Wildman–Crippen MR) is 128 cm³/mol. The Morgan fingerprint density at radius 2 is 0.630 bits per heavy atom. The van der Waals surface area contributed by atoms with Crippen molar-refractivity contribution in [2.24, 2.45) is 0 Å². The smallest absolute Gasteiger partial charge is 0.213 e. The fourth-order valence-corrected chi connectivity index (χ4v) is 1.75. The summed E-state index contributed by atoms with van der Waals surface area (Å²) in [6.45, 7) is 27.0. The van der Waals surface area contributed by atoms with Gasteiger partial charge in [-0.3, -0.25) is 0 Å². The molecule has 0 heterocycles. The Hall–Kier alpha value is 0.0169. The molecular formula is C24H44Si2Zr. The zero-order chi connectivity index (χ0) is 21.0. The van der Waals surface area contributed by atoms with E-state index in [9.17, 15) is 0 Å². The van der Waals surface area contributed by atoms with Crippen LogP contribution in [0.3, 0.4) is 0 Å². The van der Waals surface area contributed by atoms with Crippen LogP contribution in [0.4, 0.5) is 0 Å². The van der Waals surface area contributed by atoms with Crippen molar-refractivity contribution in [2.75, 3.05) is 0 Å². The third-order valence-corrected chi connectivity index (χ3v) is 3.06. The third-order valence-electron chi connectivity index (χ3n) is 3.06. The van der Waals surface area contributed by atoms with Gasteiger partial charge in [-0.15, -0.1) is 0 Å². The van der Waals surface area contributed by atoms with Crippen molar-refractivity contribution in [2.45, 2.75) is 91.7 Å². The Kier molecular flexibility index (Phi) is 18.7. The van der Waals surface area contributed by atoms with E-state index in [-0.39, 0.29) is 43.8 Å². The van der Waals surface area contributed by atoms with Crippen LogP contribution in [0.5, 0.6) is 0 Å². The van der Waals surface area contributed by atoms with E-state index in [0.717, 1.165) is 0 Å². The summed E-state index contributed by atoms with van der Waals surface area (Å²) in [5, 5.41) is 0. The van der Waals surface area contributed by atoms with Crippen LogP contribution in [0, 0.1) is 0 Å². The van der Waals surface area contributed by atoms with E-state index in [0.29, 0.717) is 10.8 Å². The summed E-state index contributed by atoms with van der Waals surface area (Å²) >= 11 is 0. The van der Waals surface area contributed by atoms with Gasteiger partial charge in [0.2, 0.25) is 0 Å². The molecule has 0 aliphatic heterocycles. The standard InChI is InChI=1S/2C9H13.2C3H9Si.Zr/c2*1-9(2,3)8-6-4-5-7-8;2*1-4(2)3;/h2*4-7H,1-3H3;2*1-3H3;/q2*-1;;;+2. The van der Waals surface area contributed by atoms with Crippen LogP contribution in [0.2, 0.25) is 39.3 Å². The van der Waals surface area contributed by atoms with Crippen molar-refractivity contribution >= 4 is 17.6 Å². The molecule has 0 spiro atoms. The zero-order valence-corrected chi connectivity index (χ0v) is 24.6. The van der Waals surface area contributed by atoms with Gasteiger partial charge in [0.25, 0.3) is 0 Å². The SMILES string of the molecule is CC(C)(C)[c-]1cccc1.CC(C)(C)[c-]1cccc1.C[Si](C)C.C[Si](C)C.[Zr+2]. The Morgan fingerprint density at radius 1 is 0.481 bits per heavy atom. The normalized spacial score (nSPS) is 10.6. The molecule has 0 aromatic heterocycles. The predicted octanol–water partition coefficient (Wildman–Crippen LogP) is 8.14. The van der Waals surface area contributed by atoms with Gasteiger partial charge in [0, 0.05) is 17.6 Å². The summed E-state index contributed by atoms with van der Waals surface area (Å²) in [4.78, 5) is 0. The molecule has 2 aromatic carbocycles. The number of hydrogen-bond donors (Lipinski definition) is 0. The minimum atomic E-state index is 0. The zero-order valence-electron chi connectivity index (χ0n) is 20.1. The van der Waals surface area contributed by atoms with Crippen LogP contribution in [0.15, 0.2) is 48.5 Å². The Labute approximate surface area is 194 Å². The third kappa shape index (κ3) is 22.2. The molecule has 0 bridgehead atoms. The van der Waals surface area contributed by atoms with Gasteiger partial charge in [-0.05, 0) is 0 Å². The average Bonchev–Trinajstić information content (AvgIpc) is 3.11. The molecule has 2 radical (unpaired) electrons. The first-order valence-electron chi connectivity index (χ1n) is 9.65. The molecule has 0 N–H and O–H groups in total. The van der Waals surface area contributed by atoms with Crippen molar-refractivity contribution in [3.8, 4) is 0 Å². The Balaban J connectivity index is -0.000000303. The summed E-state index contributed by atoms with van der Waals surface area (Å²) in [7, 11) is 0.241. The molecule has 0 nitrogen and oxygen atoms in total. The van der Waals surface area contributed by atoms with Gasteiger partial charge >= 0.3 is 26.2 Å². The summed E-state index contributed by atoms with van der Waals surface area (Å²) in [5.74, 6) is 0. The molecule has 2 rings (SSSR count). The van der Waals surface area contributed by atoms with Crippen LogP contribution in [0.1, 0.15) is 52.7 Å². The molecule has 0 aliphatic carbocycles. The first kappa shape index (κ1) is 31.7. The quantitative estimate of drug-likeness (QED) is 0.264. The van der Waals surface area contributed by atoms with Gasteiger partial charge in [0.15, 0.2) is 0 Å². The molecule has 3 heteroatoms. The molecule has 0 unspecified atom stereocenters. The van der Waals surface area contributed by atoms with E-state index in [1.807, 2.05) is 0 Å². The minimum absolute atomic E-state index is 0. The number of hydrogen-bond acceptors (Lipinski definition) is 0. The van der Waals surface area contributed by atoms with Crippen molar-refractivity contribution in [3.63, 3.8) is 0 Å². The van der Waals surface area contributed by atoms with Crippen molar-refractivity contribution < 1.29 is 26.2 Å². The van der Waals surface area contributed by atoms with E-state index < -0.39 is 0 Å². The molecule has 152 valence electrons.